The molecule has 0 aromatic heterocycles. The van der Waals surface area contributed by atoms with Crippen molar-refractivity contribution in [2.75, 3.05) is 0 Å². The first-order valence-electron chi connectivity index (χ1n) is 6.69. The van der Waals surface area contributed by atoms with Crippen molar-refractivity contribution in [2.45, 2.75) is 75.9 Å². The molecule has 0 aliphatic carbocycles. The van der Waals surface area contributed by atoms with Crippen LogP contribution in [-0.4, -0.2) is 29.9 Å². The van der Waals surface area contributed by atoms with Gasteiger partial charge < -0.3 is 0 Å². The molecule has 0 N–H and O–H groups in total. The second-order valence-electron chi connectivity index (χ2n) is 4.14. The molecule has 0 aliphatic rings. The Labute approximate surface area is 132 Å². The van der Waals surface area contributed by atoms with Crippen LogP contribution < -0.4 is 0 Å². The molecule has 0 bridgehead atoms. The number of hydrogen-bond acceptors (Lipinski definition) is 0. The monoisotopic (exact) mass is 418 g/mol. The van der Waals surface area contributed by atoms with Gasteiger partial charge in [0.1, 0.15) is 0 Å². The van der Waals surface area contributed by atoms with Crippen molar-refractivity contribution in [2.24, 2.45) is 0 Å². The van der Waals surface area contributed by atoms with Crippen molar-refractivity contribution in [3.05, 3.63) is 9.95 Å². The summed E-state index contributed by atoms with van der Waals surface area (Å²) < 4.78 is 1.37. The minimum Gasteiger partial charge on any atom is 1.00 e. The van der Waals surface area contributed by atoms with E-state index in [-0.39, 0.29) is 17.1 Å². The van der Waals surface area contributed by atoms with Gasteiger partial charge in [0.2, 0.25) is 0 Å². The van der Waals surface area contributed by atoms with E-state index in [1.54, 1.807) is 0 Å². The van der Waals surface area contributed by atoms with Crippen molar-refractivity contribution >= 4 is 29.9 Å². The van der Waals surface area contributed by atoms with Gasteiger partial charge in [0, 0.05) is 0 Å². The Balaban J connectivity index is 0. The summed E-state index contributed by atoms with van der Waals surface area (Å²) in [4.78, 5) is 0. The van der Waals surface area contributed by atoms with Crippen LogP contribution in [0.15, 0.2) is 3.37 Å². The smallest absolute Gasteiger partial charge is 1.00 e. The predicted octanol–water partition coefficient (Wildman–Crippen LogP) is 4.66. The molecule has 0 fully saturated rings. The van der Waals surface area contributed by atoms with Crippen LogP contribution in [0.5, 0.6) is 0 Å². The van der Waals surface area contributed by atoms with Crippen LogP contribution in [0.3, 0.4) is 0 Å². The molecule has 0 spiro atoms. The van der Waals surface area contributed by atoms with E-state index in [2.05, 4.69) is 13.8 Å². The van der Waals surface area contributed by atoms with Crippen molar-refractivity contribution < 1.29 is 17.1 Å². The van der Waals surface area contributed by atoms with Gasteiger partial charge in [-0.1, -0.05) is 0 Å². The molecular weight excluding hydrogens is 390 g/mol. The van der Waals surface area contributed by atoms with Gasteiger partial charge in [-0.05, 0) is 0 Å². The summed E-state index contributed by atoms with van der Waals surface area (Å²) in [5.74, 6) is 0. The molecule has 0 unspecified atom stereocenters. The zero-order valence-electron chi connectivity index (χ0n) is 11.3. The number of hydrogen-bond donors (Lipinski definition) is 0. The normalized spacial score (nSPS) is 10.0. The standard InChI is InChI=1S/C14H27Se2.Cu/c1-4-6-8-10-12-15-14(3)16-13-11-9-7-5-2;/h3H,4-13H2,1-2H3;/q-1;+1. The van der Waals surface area contributed by atoms with Gasteiger partial charge in [0.15, 0.2) is 0 Å². The SMILES string of the molecule is [CH-]=C([Se]CCCCCC)[Se]CCCCCC.[Cu+]. The minimum atomic E-state index is 0. The zero-order chi connectivity index (χ0) is 12.1. The van der Waals surface area contributed by atoms with Crippen molar-refractivity contribution in [1.82, 2.24) is 0 Å². The van der Waals surface area contributed by atoms with Crippen molar-refractivity contribution in [3.8, 4) is 0 Å². The fraction of sp³-hybridized carbons (Fsp3) is 0.857. The number of unbranched alkanes of at least 4 members (excludes halogenated alkanes) is 6. The molecule has 0 amide bonds. The predicted molar refractivity (Wildman–Crippen MR) is 77.2 cm³/mol. The average Bonchev–Trinajstić information content (AvgIpc) is 2.28. The summed E-state index contributed by atoms with van der Waals surface area (Å²) in [6, 6.07) is 0. The third-order valence-corrected chi connectivity index (χ3v) is 8.32. The molecule has 0 nitrogen and oxygen atoms in total. The van der Waals surface area contributed by atoms with Crippen LogP contribution in [0.4, 0.5) is 0 Å². The average molecular weight is 417 g/mol. The second kappa shape index (κ2) is 17.3. The molecule has 3 heteroatoms. The van der Waals surface area contributed by atoms with E-state index in [0.29, 0.717) is 29.9 Å². The third kappa shape index (κ3) is 17.3. The summed E-state index contributed by atoms with van der Waals surface area (Å²) in [6.07, 6.45) is 11.1. The summed E-state index contributed by atoms with van der Waals surface area (Å²) in [5, 5.41) is 2.77. The van der Waals surface area contributed by atoms with Crippen LogP contribution in [-0.2, 0) is 17.1 Å². The van der Waals surface area contributed by atoms with E-state index < -0.39 is 0 Å². The van der Waals surface area contributed by atoms with Gasteiger partial charge in [0.05, 0.1) is 0 Å². The Bertz CT molecular complexity index is 144. The zero-order valence-corrected chi connectivity index (χ0v) is 15.6. The van der Waals surface area contributed by atoms with Gasteiger partial charge in [-0.2, -0.15) is 0 Å². The van der Waals surface area contributed by atoms with E-state index in [1.165, 1.54) is 65.4 Å². The minimum absolute atomic E-state index is 0. The van der Waals surface area contributed by atoms with E-state index >= 15 is 0 Å². The van der Waals surface area contributed by atoms with Gasteiger partial charge in [-0.3, -0.25) is 0 Å². The van der Waals surface area contributed by atoms with Gasteiger partial charge in [-0.25, -0.2) is 0 Å². The molecule has 17 heavy (non-hydrogen) atoms. The molecular formula is C14H27CuSe2. The maximum Gasteiger partial charge on any atom is 1.00 e. The maximum atomic E-state index is 6.08. The summed E-state index contributed by atoms with van der Waals surface area (Å²) >= 11 is 1.30. The van der Waals surface area contributed by atoms with Crippen LogP contribution in [0.25, 0.3) is 0 Å². The molecule has 0 rings (SSSR count). The Hall–Kier alpha value is 1.30. The number of rotatable bonds is 12. The first kappa shape index (κ1) is 20.6. The van der Waals surface area contributed by atoms with Crippen LogP contribution in [0.1, 0.15) is 65.2 Å². The Morgan fingerprint density at radius 3 is 1.53 bits per heavy atom. The van der Waals surface area contributed by atoms with E-state index in [9.17, 15) is 0 Å². The van der Waals surface area contributed by atoms with Crippen molar-refractivity contribution in [1.29, 1.82) is 0 Å². The largest absolute Gasteiger partial charge is 1.00 e. The first-order chi connectivity index (χ1) is 7.81. The molecule has 0 aromatic rings. The van der Waals surface area contributed by atoms with Crippen LogP contribution >= 0.6 is 0 Å². The molecule has 106 valence electrons. The summed E-state index contributed by atoms with van der Waals surface area (Å²) in [6.45, 7) is 10.6. The van der Waals surface area contributed by atoms with Gasteiger partial charge >= 0.3 is 133 Å². The quantitative estimate of drug-likeness (QED) is 0.246. The van der Waals surface area contributed by atoms with Crippen LogP contribution in [0.2, 0.25) is 10.6 Å². The fourth-order valence-corrected chi connectivity index (χ4v) is 6.65. The Morgan fingerprint density at radius 2 is 1.18 bits per heavy atom. The molecule has 0 saturated carbocycles. The van der Waals surface area contributed by atoms with E-state index in [0.717, 1.165) is 0 Å². The van der Waals surface area contributed by atoms with Crippen LogP contribution in [0, 0.1) is 6.58 Å². The third-order valence-electron chi connectivity index (χ3n) is 2.48. The summed E-state index contributed by atoms with van der Waals surface area (Å²) in [7, 11) is 0. The molecule has 0 radical (unpaired) electrons. The maximum absolute atomic E-state index is 6.08. The second-order valence-corrected chi connectivity index (χ2v) is 10.2. The molecule has 0 aromatic carbocycles. The Morgan fingerprint density at radius 1 is 0.765 bits per heavy atom. The van der Waals surface area contributed by atoms with E-state index in [4.69, 9.17) is 6.58 Å². The van der Waals surface area contributed by atoms with Gasteiger partial charge in [0.25, 0.3) is 0 Å². The van der Waals surface area contributed by atoms with Gasteiger partial charge in [-0.15, -0.1) is 0 Å². The topological polar surface area (TPSA) is 0 Å². The summed E-state index contributed by atoms with van der Waals surface area (Å²) in [5.41, 5.74) is 0. The molecule has 0 saturated heterocycles. The molecule has 0 atom stereocenters. The van der Waals surface area contributed by atoms with Crippen molar-refractivity contribution in [3.63, 3.8) is 0 Å². The fourth-order valence-electron chi connectivity index (χ4n) is 1.44. The molecule has 0 heterocycles. The van der Waals surface area contributed by atoms with E-state index in [1.807, 2.05) is 0 Å². The first-order valence-corrected chi connectivity index (χ1v) is 10.8. The molecule has 0 aliphatic heterocycles. The Kier molecular flexibility index (Phi) is 21.0.